The third-order valence-corrected chi connectivity index (χ3v) is 12.6. The second-order valence-electron chi connectivity index (χ2n) is 16.6. The molecule has 1 aliphatic carbocycles. The van der Waals surface area contributed by atoms with Crippen LogP contribution in [0, 0.1) is 17.0 Å². The summed E-state index contributed by atoms with van der Waals surface area (Å²) in [5.74, 6) is -1.28. The molecular weight excluding hydrogens is 761 g/mol. The van der Waals surface area contributed by atoms with Crippen LogP contribution in [-0.2, 0) is 14.3 Å². The van der Waals surface area contributed by atoms with E-state index in [9.17, 15) is 23.6 Å². The topological polar surface area (TPSA) is 154 Å². The summed E-state index contributed by atoms with van der Waals surface area (Å²) in [5, 5.41) is 8.68. The Labute approximate surface area is 339 Å². The highest BCUT2D eigenvalue weighted by Crippen LogP contribution is 2.51. The summed E-state index contributed by atoms with van der Waals surface area (Å²) in [4.78, 5) is 64.0. The van der Waals surface area contributed by atoms with E-state index in [-0.39, 0.29) is 59.0 Å². The molecule has 6 heterocycles. The quantitative estimate of drug-likeness (QED) is 0.197. The Hall–Kier alpha value is -5.90. The fraction of sp³-hybridized carbons (Fsp3) is 0.442. The molecule has 2 aromatic heterocycles. The minimum absolute atomic E-state index is 0.000120. The third kappa shape index (κ3) is 8.22. The van der Waals surface area contributed by atoms with Gasteiger partial charge in [-0.1, -0.05) is 18.2 Å². The lowest BCUT2D eigenvalue weighted by atomic mass is 9.61. The predicted molar refractivity (Wildman–Crippen MR) is 216 cm³/mol. The number of rotatable bonds is 9. The molecule has 0 radical (unpaired) electrons. The van der Waals surface area contributed by atoms with Crippen molar-refractivity contribution in [1.29, 1.82) is 0 Å². The van der Waals surface area contributed by atoms with E-state index >= 15 is 4.39 Å². The minimum atomic E-state index is -0.569. The van der Waals surface area contributed by atoms with E-state index in [0.717, 1.165) is 58.1 Å². The number of aromatic nitrogens is 3. The molecule has 1 saturated carbocycles. The number of anilines is 3. The molecule has 9 rings (SSSR count). The molecule has 0 bridgehead atoms. The van der Waals surface area contributed by atoms with Gasteiger partial charge >= 0.3 is 6.09 Å². The first kappa shape index (κ1) is 38.6. The first-order valence-corrected chi connectivity index (χ1v) is 20.5. The Morgan fingerprint density at radius 2 is 1.66 bits per heavy atom. The molecule has 5 fully saturated rings. The Balaban J connectivity index is 0.691. The van der Waals surface area contributed by atoms with Crippen molar-refractivity contribution in [3.05, 3.63) is 95.0 Å². The van der Waals surface area contributed by atoms with Gasteiger partial charge in [0.25, 0.3) is 5.56 Å². The maximum atomic E-state index is 15.2. The summed E-state index contributed by atoms with van der Waals surface area (Å²) in [6.07, 6.45) is 8.03. The summed E-state index contributed by atoms with van der Waals surface area (Å²) < 4.78 is 37.6. The first-order chi connectivity index (χ1) is 28.6. The van der Waals surface area contributed by atoms with Gasteiger partial charge in [-0.15, -0.1) is 0 Å². The van der Waals surface area contributed by atoms with Gasteiger partial charge in [0.2, 0.25) is 17.8 Å². The van der Waals surface area contributed by atoms with Crippen molar-refractivity contribution in [3.8, 4) is 16.9 Å². The molecule has 4 aliphatic heterocycles. The molecule has 308 valence electrons. The largest absolute Gasteiger partial charge is 0.446 e. The zero-order valence-corrected chi connectivity index (χ0v) is 32.6. The zero-order valence-electron chi connectivity index (χ0n) is 32.6. The average Bonchev–Trinajstić information content (AvgIpc) is 3.21. The maximum absolute atomic E-state index is 15.2. The Morgan fingerprint density at radius 1 is 0.864 bits per heavy atom. The summed E-state index contributed by atoms with van der Waals surface area (Å²) in [6.45, 7) is 4.53. The number of hydrogen-bond donors (Lipinski definition) is 3. The lowest BCUT2D eigenvalue weighted by molar-refractivity contribution is -0.147. The number of amides is 3. The molecule has 2 aromatic carbocycles. The van der Waals surface area contributed by atoms with Gasteiger partial charge in [-0.05, 0) is 81.3 Å². The highest BCUT2D eigenvalue weighted by atomic mass is 19.1. The van der Waals surface area contributed by atoms with Crippen LogP contribution in [0.3, 0.4) is 0 Å². The normalized spacial score (nSPS) is 21.4. The van der Waals surface area contributed by atoms with Crippen LogP contribution in [0.5, 0.6) is 0 Å². The number of ether oxygens (including phenoxy) is 1. The number of nitrogens with one attached hydrogen (secondary N) is 3. The predicted octanol–water partition coefficient (Wildman–Crippen LogP) is 4.94. The number of hydrogen-bond acceptors (Lipinski definition) is 11. The van der Waals surface area contributed by atoms with E-state index < -0.39 is 11.9 Å². The fourth-order valence-corrected chi connectivity index (χ4v) is 9.37. The van der Waals surface area contributed by atoms with Gasteiger partial charge in [0, 0.05) is 92.4 Å². The summed E-state index contributed by atoms with van der Waals surface area (Å²) >= 11 is 0. The Morgan fingerprint density at radius 3 is 2.41 bits per heavy atom. The van der Waals surface area contributed by atoms with Gasteiger partial charge in [0.05, 0.1) is 11.9 Å². The number of pyridine rings is 1. The molecule has 4 aromatic rings. The van der Waals surface area contributed by atoms with Crippen LogP contribution in [0.25, 0.3) is 16.9 Å². The number of benzene rings is 2. The second-order valence-corrected chi connectivity index (χ2v) is 16.6. The van der Waals surface area contributed by atoms with Gasteiger partial charge in [-0.2, -0.15) is 0 Å². The average molecular weight is 808 g/mol. The van der Waals surface area contributed by atoms with Gasteiger partial charge in [0.1, 0.15) is 23.7 Å². The molecule has 3 amide bonds. The van der Waals surface area contributed by atoms with Crippen LogP contribution < -0.4 is 26.4 Å². The Kier molecular flexibility index (Phi) is 10.5. The van der Waals surface area contributed by atoms with Gasteiger partial charge in [-0.3, -0.25) is 29.2 Å². The van der Waals surface area contributed by atoms with E-state index in [2.05, 4.69) is 35.7 Å². The number of nitrogens with zero attached hydrogens (tertiary/aromatic N) is 6. The maximum Gasteiger partial charge on any atom is 0.410 e. The SMILES string of the molecule is O=C1CCC(Nc2ccc(N3CCC(N4CC5(CC(OC(=O)N6CCC(Nc7ncc(F)c(-c8cccc(-n9ccccc9=O)c8)n7)CC6)C5)C4)CC3)c(F)c2)C(=O)N1. The van der Waals surface area contributed by atoms with Crippen molar-refractivity contribution < 1.29 is 27.9 Å². The summed E-state index contributed by atoms with van der Waals surface area (Å²) in [5.41, 5.74) is 2.33. The molecule has 1 atom stereocenters. The summed E-state index contributed by atoms with van der Waals surface area (Å²) in [6, 6.07) is 16.7. The minimum Gasteiger partial charge on any atom is -0.446 e. The van der Waals surface area contributed by atoms with E-state index in [1.165, 1.54) is 16.7 Å². The molecule has 3 N–H and O–H groups in total. The fourth-order valence-electron chi connectivity index (χ4n) is 9.37. The highest BCUT2D eigenvalue weighted by Gasteiger charge is 2.55. The van der Waals surface area contributed by atoms with Crippen molar-refractivity contribution in [1.82, 2.24) is 29.7 Å². The monoisotopic (exact) mass is 807 g/mol. The molecule has 14 nitrogen and oxygen atoms in total. The number of piperidine rings is 3. The highest BCUT2D eigenvalue weighted by molar-refractivity contribution is 6.01. The van der Waals surface area contributed by atoms with Crippen LogP contribution in [0.4, 0.5) is 30.9 Å². The van der Waals surface area contributed by atoms with Crippen molar-refractivity contribution in [2.75, 3.05) is 54.8 Å². The number of carbonyl (C=O) groups excluding carboxylic acids is 3. The Bertz CT molecular complexity index is 2290. The number of imide groups is 1. The zero-order chi connectivity index (χ0) is 40.7. The van der Waals surface area contributed by atoms with Gasteiger partial charge in [0.15, 0.2) is 5.82 Å². The standard InChI is InChI=1S/C43H47F2N9O5/c44-33-21-29(47-35-8-10-37(55)49-40(35)57)7-9-36(33)51-18-13-30(14-19-51)53-25-43(26-53)22-32(23-43)59-42(58)52-16-11-28(12-17-52)48-41-46-24-34(45)39(50-41)27-4-3-5-31(20-27)54-15-2-1-6-38(54)56/h1-7,9,15,20-21,24,28,30,32,35,47H,8,10-14,16-19,22-23,25-26H2,(H,46,48,50)(H,49,55,57). The number of likely N-dealkylation sites (tertiary alicyclic amines) is 2. The van der Waals surface area contributed by atoms with E-state index in [4.69, 9.17) is 4.74 Å². The molecule has 16 heteroatoms. The molecule has 59 heavy (non-hydrogen) atoms. The van der Waals surface area contributed by atoms with Crippen LogP contribution in [0.2, 0.25) is 0 Å². The number of carbonyl (C=O) groups is 3. The molecule has 1 unspecified atom stereocenters. The van der Waals surface area contributed by atoms with Gasteiger partial charge in [-0.25, -0.2) is 23.5 Å². The van der Waals surface area contributed by atoms with Crippen molar-refractivity contribution >= 4 is 35.2 Å². The molecular formula is C43H47F2N9O5. The number of halogens is 2. The second kappa shape index (κ2) is 16.0. The van der Waals surface area contributed by atoms with Gasteiger partial charge < -0.3 is 25.2 Å². The van der Waals surface area contributed by atoms with Crippen LogP contribution in [0.1, 0.15) is 51.4 Å². The lowest BCUT2D eigenvalue weighted by Gasteiger charge is -2.61. The smallest absolute Gasteiger partial charge is 0.410 e. The summed E-state index contributed by atoms with van der Waals surface area (Å²) in [7, 11) is 0. The third-order valence-electron chi connectivity index (χ3n) is 12.6. The first-order valence-electron chi connectivity index (χ1n) is 20.5. The van der Waals surface area contributed by atoms with Crippen molar-refractivity contribution in [3.63, 3.8) is 0 Å². The van der Waals surface area contributed by atoms with Crippen LogP contribution in [0.15, 0.2) is 77.9 Å². The van der Waals surface area contributed by atoms with E-state index in [1.54, 1.807) is 59.6 Å². The van der Waals surface area contributed by atoms with Crippen LogP contribution in [-0.4, -0.2) is 106 Å². The van der Waals surface area contributed by atoms with Crippen molar-refractivity contribution in [2.24, 2.45) is 5.41 Å². The van der Waals surface area contributed by atoms with E-state index in [1.807, 2.05) is 0 Å². The van der Waals surface area contributed by atoms with Crippen LogP contribution >= 0.6 is 0 Å². The molecule has 1 spiro atoms. The lowest BCUT2D eigenvalue weighted by Crippen LogP contribution is -2.67. The van der Waals surface area contributed by atoms with Crippen molar-refractivity contribution in [2.45, 2.75) is 75.6 Å². The van der Waals surface area contributed by atoms with E-state index in [0.29, 0.717) is 67.0 Å². The molecule has 5 aliphatic rings. The molecule has 4 saturated heterocycles.